The Hall–Kier alpha value is -0.670. The van der Waals surface area contributed by atoms with Crippen molar-refractivity contribution in [2.45, 2.75) is 38.2 Å². The molecule has 1 aliphatic rings. The van der Waals surface area contributed by atoms with Crippen LogP contribution in [-0.2, 0) is 4.74 Å². The summed E-state index contributed by atoms with van der Waals surface area (Å²) >= 11 is 1.63. The summed E-state index contributed by atoms with van der Waals surface area (Å²) in [6, 6.07) is 1.92. The Balaban J connectivity index is 2.07. The fraction of sp³-hybridized carbons (Fsp3) is 0.583. The van der Waals surface area contributed by atoms with Crippen molar-refractivity contribution in [1.82, 2.24) is 0 Å². The average molecular weight is 224 g/mol. The number of hydrogen-bond acceptors (Lipinski definition) is 3. The summed E-state index contributed by atoms with van der Waals surface area (Å²) in [6.45, 7) is 2.00. The molecule has 0 bridgehead atoms. The summed E-state index contributed by atoms with van der Waals surface area (Å²) in [5.41, 5.74) is 0.731. The molecule has 0 aromatic carbocycles. The predicted molar refractivity (Wildman–Crippen MR) is 61.6 cm³/mol. The first-order chi connectivity index (χ1) is 7.17. The van der Waals surface area contributed by atoms with Crippen LogP contribution in [0.5, 0.6) is 0 Å². The Bertz CT molecular complexity index is 358. The van der Waals surface area contributed by atoms with E-state index in [-0.39, 0.29) is 11.4 Å². The smallest absolute Gasteiger partial charge is 0.166 e. The van der Waals surface area contributed by atoms with Gasteiger partial charge in [-0.2, -0.15) is 0 Å². The number of thiophene rings is 1. The molecular weight excluding hydrogens is 208 g/mol. The van der Waals surface area contributed by atoms with E-state index in [0.717, 1.165) is 23.3 Å². The number of methoxy groups -OCH3 is 1. The first-order valence-electron chi connectivity index (χ1n) is 5.29. The lowest BCUT2D eigenvalue weighted by Gasteiger charge is -2.40. The summed E-state index contributed by atoms with van der Waals surface area (Å²) in [7, 11) is 1.72. The van der Waals surface area contributed by atoms with Crippen LogP contribution in [-0.4, -0.2) is 18.5 Å². The summed E-state index contributed by atoms with van der Waals surface area (Å²) < 4.78 is 5.46. The third kappa shape index (κ3) is 1.99. The van der Waals surface area contributed by atoms with Crippen LogP contribution in [0, 0.1) is 6.92 Å². The van der Waals surface area contributed by atoms with Crippen molar-refractivity contribution in [3.05, 3.63) is 21.9 Å². The molecule has 1 aromatic heterocycles. The van der Waals surface area contributed by atoms with Crippen molar-refractivity contribution in [2.75, 3.05) is 7.11 Å². The molecule has 82 valence electrons. The highest BCUT2D eigenvalue weighted by atomic mass is 32.1. The van der Waals surface area contributed by atoms with Crippen molar-refractivity contribution < 1.29 is 9.53 Å². The second kappa shape index (κ2) is 4.06. The molecule has 0 unspecified atom stereocenters. The lowest BCUT2D eigenvalue weighted by atomic mass is 9.76. The van der Waals surface area contributed by atoms with Gasteiger partial charge >= 0.3 is 0 Å². The molecule has 2 rings (SSSR count). The van der Waals surface area contributed by atoms with Gasteiger partial charge in [-0.05, 0) is 37.6 Å². The molecule has 0 spiro atoms. The minimum Gasteiger partial charge on any atom is -0.378 e. The second-order valence-corrected chi connectivity index (χ2v) is 5.35. The Labute approximate surface area is 94.3 Å². The van der Waals surface area contributed by atoms with Crippen LogP contribution in [0.4, 0.5) is 0 Å². The molecule has 2 nitrogen and oxygen atoms in total. The van der Waals surface area contributed by atoms with Crippen molar-refractivity contribution in [3.63, 3.8) is 0 Å². The Morgan fingerprint density at radius 3 is 2.73 bits per heavy atom. The van der Waals surface area contributed by atoms with Crippen LogP contribution in [0.2, 0.25) is 0 Å². The summed E-state index contributed by atoms with van der Waals surface area (Å²) in [5, 5.41) is 1.98. The monoisotopic (exact) mass is 224 g/mol. The van der Waals surface area contributed by atoms with Crippen LogP contribution in [0.25, 0.3) is 0 Å². The van der Waals surface area contributed by atoms with Gasteiger partial charge in [-0.25, -0.2) is 0 Å². The number of aryl methyl sites for hydroxylation is 1. The summed E-state index contributed by atoms with van der Waals surface area (Å²) in [4.78, 5) is 13.1. The average Bonchev–Trinajstić information content (AvgIpc) is 2.58. The first-order valence-corrected chi connectivity index (χ1v) is 6.17. The van der Waals surface area contributed by atoms with E-state index in [1.54, 1.807) is 18.4 Å². The van der Waals surface area contributed by atoms with Crippen LogP contribution in [0.3, 0.4) is 0 Å². The molecule has 0 N–H and O–H groups in total. The van der Waals surface area contributed by atoms with Gasteiger partial charge in [0, 0.05) is 24.0 Å². The number of carbonyl (C=O) groups is 1. The topological polar surface area (TPSA) is 26.3 Å². The summed E-state index contributed by atoms with van der Waals surface area (Å²) in [6.07, 6.45) is 3.78. The molecule has 3 heteroatoms. The number of rotatable bonds is 4. The molecule has 1 fully saturated rings. The maximum atomic E-state index is 12.0. The molecule has 1 heterocycles. The van der Waals surface area contributed by atoms with Gasteiger partial charge in [-0.3, -0.25) is 4.79 Å². The maximum Gasteiger partial charge on any atom is 0.166 e. The molecule has 0 aliphatic heterocycles. The van der Waals surface area contributed by atoms with Gasteiger partial charge in [-0.1, -0.05) is 0 Å². The van der Waals surface area contributed by atoms with E-state index in [4.69, 9.17) is 4.74 Å². The molecule has 15 heavy (non-hydrogen) atoms. The third-order valence-corrected chi connectivity index (χ3v) is 4.19. The molecule has 0 atom stereocenters. The van der Waals surface area contributed by atoms with Gasteiger partial charge in [0.15, 0.2) is 5.78 Å². The van der Waals surface area contributed by atoms with Gasteiger partial charge in [-0.15, -0.1) is 11.3 Å². The number of hydrogen-bond donors (Lipinski definition) is 0. The number of Topliss-reactive ketones (excluding diaryl/α,β-unsaturated/α-hetero) is 1. The third-order valence-electron chi connectivity index (χ3n) is 3.34. The van der Waals surface area contributed by atoms with Gasteiger partial charge in [0.05, 0.1) is 5.60 Å². The molecule has 0 amide bonds. The molecular formula is C12H16O2S. The van der Waals surface area contributed by atoms with Gasteiger partial charge in [0.1, 0.15) is 0 Å². The van der Waals surface area contributed by atoms with Crippen LogP contribution >= 0.6 is 11.3 Å². The van der Waals surface area contributed by atoms with Crippen LogP contribution in [0.1, 0.15) is 40.9 Å². The van der Waals surface area contributed by atoms with Crippen molar-refractivity contribution >= 4 is 17.1 Å². The van der Waals surface area contributed by atoms with Crippen LogP contribution < -0.4 is 0 Å². The van der Waals surface area contributed by atoms with Gasteiger partial charge < -0.3 is 4.74 Å². The molecule has 0 radical (unpaired) electrons. The quantitative estimate of drug-likeness (QED) is 0.734. The Kier molecular flexibility index (Phi) is 2.94. The van der Waals surface area contributed by atoms with E-state index in [2.05, 4.69) is 0 Å². The lowest BCUT2D eigenvalue weighted by Crippen LogP contribution is -2.41. The largest absolute Gasteiger partial charge is 0.378 e. The van der Waals surface area contributed by atoms with E-state index in [0.29, 0.717) is 6.42 Å². The van der Waals surface area contributed by atoms with Crippen LogP contribution in [0.15, 0.2) is 11.4 Å². The van der Waals surface area contributed by atoms with E-state index in [9.17, 15) is 4.79 Å². The second-order valence-electron chi connectivity index (χ2n) is 4.23. The SMILES string of the molecule is COC1(CC(=O)c2ccsc2C)CCC1. The van der Waals surface area contributed by atoms with E-state index >= 15 is 0 Å². The Morgan fingerprint density at radius 1 is 1.60 bits per heavy atom. The molecule has 1 aromatic rings. The fourth-order valence-corrected chi connectivity index (χ4v) is 2.80. The van der Waals surface area contributed by atoms with E-state index in [1.807, 2.05) is 18.4 Å². The molecule has 0 saturated heterocycles. The van der Waals surface area contributed by atoms with E-state index in [1.165, 1.54) is 6.42 Å². The number of ether oxygens (including phenoxy) is 1. The molecule has 1 saturated carbocycles. The number of carbonyl (C=O) groups excluding carboxylic acids is 1. The zero-order chi connectivity index (χ0) is 10.9. The fourth-order valence-electron chi connectivity index (χ4n) is 2.09. The van der Waals surface area contributed by atoms with Crippen molar-refractivity contribution in [3.8, 4) is 0 Å². The maximum absolute atomic E-state index is 12.0. The van der Waals surface area contributed by atoms with Crippen molar-refractivity contribution in [2.24, 2.45) is 0 Å². The minimum atomic E-state index is -0.147. The summed E-state index contributed by atoms with van der Waals surface area (Å²) in [5.74, 6) is 0.232. The number of ketones is 1. The standard InChI is InChI=1S/C12H16O2S/c1-9-10(4-7-15-9)11(13)8-12(14-2)5-3-6-12/h4,7H,3,5-6,8H2,1-2H3. The highest BCUT2D eigenvalue weighted by molar-refractivity contribution is 7.10. The van der Waals surface area contributed by atoms with E-state index < -0.39 is 0 Å². The lowest BCUT2D eigenvalue weighted by molar-refractivity contribution is -0.0704. The first kappa shape index (κ1) is 10.8. The normalized spacial score (nSPS) is 18.5. The predicted octanol–water partition coefficient (Wildman–Crippen LogP) is 3.20. The minimum absolute atomic E-state index is 0.147. The zero-order valence-electron chi connectivity index (χ0n) is 9.21. The van der Waals surface area contributed by atoms with Crippen molar-refractivity contribution in [1.29, 1.82) is 0 Å². The Morgan fingerprint density at radius 2 is 2.33 bits per heavy atom. The zero-order valence-corrected chi connectivity index (χ0v) is 10.0. The highest BCUT2D eigenvalue weighted by Crippen LogP contribution is 2.39. The molecule has 1 aliphatic carbocycles. The van der Waals surface area contributed by atoms with Gasteiger partial charge in [0.2, 0.25) is 0 Å². The van der Waals surface area contributed by atoms with Gasteiger partial charge in [0.25, 0.3) is 0 Å². The highest BCUT2D eigenvalue weighted by Gasteiger charge is 2.39.